The molecule has 0 aliphatic rings. The van der Waals surface area contributed by atoms with Crippen molar-refractivity contribution in [3.63, 3.8) is 0 Å². The van der Waals surface area contributed by atoms with Gasteiger partial charge in [-0.25, -0.2) is 8.78 Å². The number of ether oxygens (including phenoxy) is 1. The van der Waals surface area contributed by atoms with E-state index in [1.807, 2.05) is 0 Å². The predicted octanol–water partition coefficient (Wildman–Crippen LogP) is 4.15. The van der Waals surface area contributed by atoms with Crippen molar-refractivity contribution in [1.29, 1.82) is 0 Å². The summed E-state index contributed by atoms with van der Waals surface area (Å²) in [4.78, 5) is 0. The van der Waals surface area contributed by atoms with Crippen LogP contribution in [0.5, 0.6) is 5.75 Å². The van der Waals surface area contributed by atoms with Gasteiger partial charge in [0.1, 0.15) is 5.82 Å². The molecule has 0 fully saturated rings. The third kappa shape index (κ3) is 3.78. The van der Waals surface area contributed by atoms with Crippen LogP contribution in [0.3, 0.4) is 0 Å². The highest BCUT2D eigenvalue weighted by Crippen LogP contribution is 2.25. The van der Waals surface area contributed by atoms with Gasteiger partial charge in [0.25, 0.3) is 0 Å². The summed E-state index contributed by atoms with van der Waals surface area (Å²) in [6.07, 6.45) is 0.842. The van der Waals surface area contributed by atoms with Crippen LogP contribution in [-0.4, -0.2) is 6.61 Å². The van der Waals surface area contributed by atoms with Gasteiger partial charge in [-0.05, 0) is 28.3 Å². The molecule has 0 saturated heterocycles. The van der Waals surface area contributed by atoms with E-state index in [9.17, 15) is 8.78 Å². The van der Waals surface area contributed by atoms with Crippen molar-refractivity contribution in [2.75, 3.05) is 6.61 Å². The molecule has 1 aromatic rings. The summed E-state index contributed by atoms with van der Waals surface area (Å²) in [6, 6.07) is 2.12. The van der Waals surface area contributed by atoms with Crippen LogP contribution in [-0.2, 0) is 0 Å². The molecule has 1 nitrogen and oxygen atoms in total. The Labute approximate surface area is 96.6 Å². The largest absolute Gasteiger partial charge is 0.490 e. The van der Waals surface area contributed by atoms with Crippen molar-refractivity contribution in [1.82, 2.24) is 0 Å². The Kier molecular flexibility index (Phi) is 4.51. The summed E-state index contributed by atoms with van der Waals surface area (Å²) in [7, 11) is 0. The van der Waals surface area contributed by atoms with E-state index in [2.05, 4.69) is 29.8 Å². The van der Waals surface area contributed by atoms with Crippen LogP contribution in [0.2, 0.25) is 0 Å². The van der Waals surface area contributed by atoms with Crippen LogP contribution in [0.15, 0.2) is 16.6 Å². The Balaban J connectivity index is 2.65. The van der Waals surface area contributed by atoms with Crippen LogP contribution < -0.4 is 4.74 Å². The Morgan fingerprint density at radius 1 is 1.27 bits per heavy atom. The molecule has 0 unspecified atom stereocenters. The van der Waals surface area contributed by atoms with Gasteiger partial charge in [0, 0.05) is 12.1 Å². The van der Waals surface area contributed by atoms with Crippen molar-refractivity contribution in [3.8, 4) is 5.75 Å². The molecule has 84 valence electrons. The van der Waals surface area contributed by atoms with Crippen LogP contribution >= 0.6 is 15.9 Å². The summed E-state index contributed by atoms with van der Waals surface area (Å²) in [5, 5.41) is 0. The Morgan fingerprint density at radius 3 is 2.53 bits per heavy atom. The lowest BCUT2D eigenvalue weighted by Gasteiger charge is -2.09. The van der Waals surface area contributed by atoms with Gasteiger partial charge in [-0.15, -0.1) is 0 Å². The smallest absolute Gasteiger partial charge is 0.168 e. The molecule has 0 saturated carbocycles. The van der Waals surface area contributed by atoms with E-state index in [1.54, 1.807) is 0 Å². The van der Waals surface area contributed by atoms with Crippen LogP contribution in [0.25, 0.3) is 0 Å². The molecule has 4 heteroatoms. The first-order valence-electron chi connectivity index (χ1n) is 4.78. The maximum Gasteiger partial charge on any atom is 0.168 e. The van der Waals surface area contributed by atoms with E-state index >= 15 is 0 Å². The maximum absolute atomic E-state index is 13.2. The lowest BCUT2D eigenvalue weighted by Crippen LogP contribution is -2.03. The lowest BCUT2D eigenvalue weighted by molar-refractivity contribution is 0.276. The SMILES string of the molecule is CC(C)CCOc1cc(Br)c(F)cc1F. The summed E-state index contributed by atoms with van der Waals surface area (Å²) < 4.78 is 31.5. The second kappa shape index (κ2) is 5.45. The molecule has 0 N–H and O–H groups in total. The monoisotopic (exact) mass is 278 g/mol. The van der Waals surface area contributed by atoms with Gasteiger partial charge in [-0.3, -0.25) is 0 Å². The highest BCUT2D eigenvalue weighted by molar-refractivity contribution is 9.10. The molecule has 1 aromatic carbocycles. The molecular formula is C11H13BrF2O. The normalized spacial score (nSPS) is 10.8. The highest BCUT2D eigenvalue weighted by Gasteiger charge is 2.09. The summed E-state index contributed by atoms with van der Waals surface area (Å²) in [6.45, 7) is 4.55. The molecule has 0 atom stereocenters. The van der Waals surface area contributed by atoms with E-state index in [0.29, 0.717) is 12.5 Å². The van der Waals surface area contributed by atoms with Gasteiger partial charge in [0.05, 0.1) is 11.1 Å². The standard InChI is InChI=1S/C11H13BrF2O/c1-7(2)3-4-15-11-5-8(12)9(13)6-10(11)14/h5-7H,3-4H2,1-2H3. The second-order valence-corrected chi connectivity index (χ2v) is 4.58. The van der Waals surface area contributed by atoms with Crippen molar-refractivity contribution < 1.29 is 13.5 Å². The van der Waals surface area contributed by atoms with E-state index in [1.165, 1.54) is 6.07 Å². The maximum atomic E-state index is 13.2. The molecular weight excluding hydrogens is 266 g/mol. The zero-order chi connectivity index (χ0) is 11.4. The number of hydrogen-bond acceptors (Lipinski definition) is 1. The van der Waals surface area contributed by atoms with Gasteiger partial charge in [0.2, 0.25) is 0 Å². The summed E-state index contributed by atoms with van der Waals surface area (Å²) >= 11 is 2.98. The molecule has 0 aliphatic heterocycles. The number of rotatable bonds is 4. The Hall–Kier alpha value is -0.640. The van der Waals surface area contributed by atoms with Gasteiger partial charge in [0.15, 0.2) is 11.6 Å². The third-order valence-corrected chi connectivity index (χ3v) is 2.54. The molecule has 0 spiro atoms. The predicted molar refractivity (Wildman–Crippen MR) is 59.0 cm³/mol. The number of halogens is 3. The average molecular weight is 279 g/mol. The van der Waals surface area contributed by atoms with E-state index < -0.39 is 11.6 Å². The fourth-order valence-electron chi connectivity index (χ4n) is 1.02. The van der Waals surface area contributed by atoms with Crippen molar-refractivity contribution >= 4 is 15.9 Å². The molecule has 0 bridgehead atoms. The molecule has 1 rings (SSSR count). The van der Waals surface area contributed by atoms with Crippen LogP contribution in [0.1, 0.15) is 20.3 Å². The molecule has 15 heavy (non-hydrogen) atoms. The van der Waals surface area contributed by atoms with Crippen LogP contribution in [0.4, 0.5) is 8.78 Å². The zero-order valence-electron chi connectivity index (χ0n) is 8.69. The minimum absolute atomic E-state index is 0.0870. The van der Waals surface area contributed by atoms with E-state index in [0.717, 1.165) is 12.5 Å². The fourth-order valence-corrected chi connectivity index (χ4v) is 1.34. The number of benzene rings is 1. The zero-order valence-corrected chi connectivity index (χ0v) is 10.3. The third-order valence-electron chi connectivity index (χ3n) is 1.93. The topological polar surface area (TPSA) is 9.23 Å². The minimum Gasteiger partial charge on any atom is -0.490 e. The van der Waals surface area contributed by atoms with E-state index in [-0.39, 0.29) is 10.2 Å². The molecule has 0 aromatic heterocycles. The van der Waals surface area contributed by atoms with Gasteiger partial charge < -0.3 is 4.74 Å². The van der Waals surface area contributed by atoms with Crippen LogP contribution in [0, 0.1) is 17.6 Å². The highest BCUT2D eigenvalue weighted by atomic mass is 79.9. The lowest BCUT2D eigenvalue weighted by atomic mass is 10.1. The molecule has 0 aliphatic carbocycles. The van der Waals surface area contributed by atoms with Crippen molar-refractivity contribution in [2.24, 2.45) is 5.92 Å². The Bertz CT molecular complexity index is 340. The molecule has 0 amide bonds. The molecule has 0 heterocycles. The van der Waals surface area contributed by atoms with Crippen molar-refractivity contribution in [2.45, 2.75) is 20.3 Å². The van der Waals surface area contributed by atoms with Gasteiger partial charge >= 0.3 is 0 Å². The quantitative estimate of drug-likeness (QED) is 0.752. The second-order valence-electron chi connectivity index (χ2n) is 3.73. The number of hydrogen-bond donors (Lipinski definition) is 0. The van der Waals surface area contributed by atoms with Gasteiger partial charge in [-0.1, -0.05) is 13.8 Å². The Morgan fingerprint density at radius 2 is 1.93 bits per heavy atom. The minimum atomic E-state index is -0.667. The van der Waals surface area contributed by atoms with Crippen molar-refractivity contribution in [3.05, 3.63) is 28.2 Å². The average Bonchev–Trinajstić information content (AvgIpc) is 2.13. The fraction of sp³-hybridized carbons (Fsp3) is 0.455. The first-order valence-corrected chi connectivity index (χ1v) is 5.57. The van der Waals surface area contributed by atoms with E-state index in [4.69, 9.17) is 4.74 Å². The summed E-state index contributed by atoms with van der Waals surface area (Å²) in [5.74, 6) is -0.705. The molecule has 0 radical (unpaired) electrons. The first kappa shape index (κ1) is 12.4. The first-order chi connectivity index (χ1) is 7.00. The van der Waals surface area contributed by atoms with Gasteiger partial charge in [-0.2, -0.15) is 0 Å². The summed E-state index contributed by atoms with van der Waals surface area (Å²) in [5.41, 5.74) is 0.